The molecule has 8 heteroatoms. The number of nitrogens with one attached hydrogen (secondary N) is 2. The third-order valence-corrected chi connectivity index (χ3v) is 4.40. The van der Waals surface area contributed by atoms with E-state index < -0.39 is 0 Å². The van der Waals surface area contributed by atoms with Crippen molar-refractivity contribution in [3.8, 4) is 17.1 Å². The van der Waals surface area contributed by atoms with Crippen LogP contribution < -0.4 is 5.48 Å². The van der Waals surface area contributed by atoms with Crippen molar-refractivity contribution in [2.45, 2.75) is 12.1 Å². The molecule has 7 nitrogen and oxygen atoms in total. The maximum absolute atomic E-state index is 7.75. The first kappa shape index (κ1) is 17.1. The number of aromatic nitrogens is 4. The monoisotopic (exact) mass is 354 g/mol. The summed E-state index contributed by atoms with van der Waals surface area (Å²) in [6, 6.07) is 11.9. The van der Waals surface area contributed by atoms with Crippen LogP contribution in [-0.2, 0) is 4.84 Å². The highest BCUT2D eigenvalue weighted by atomic mass is 32.2. The number of hydrogen-bond donors (Lipinski definition) is 2. The van der Waals surface area contributed by atoms with Gasteiger partial charge in [0.15, 0.2) is 11.0 Å². The van der Waals surface area contributed by atoms with Gasteiger partial charge in [-0.3, -0.25) is 15.0 Å². The van der Waals surface area contributed by atoms with Crippen LogP contribution in [0.3, 0.4) is 0 Å². The zero-order chi connectivity index (χ0) is 17.6. The predicted octanol–water partition coefficient (Wildman–Crippen LogP) is 2.86. The molecular weight excluding hydrogens is 336 g/mol. The highest BCUT2D eigenvalue weighted by molar-refractivity contribution is 7.99. The van der Waals surface area contributed by atoms with E-state index in [-0.39, 0.29) is 5.90 Å². The second-order valence-electron chi connectivity index (χ2n) is 5.19. The van der Waals surface area contributed by atoms with Gasteiger partial charge >= 0.3 is 0 Å². The molecule has 0 atom stereocenters. The quantitative estimate of drug-likeness (QED) is 0.306. The summed E-state index contributed by atoms with van der Waals surface area (Å²) in [4.78, 5) is 9.15. The Balaban J connectivity index is 2.03. The number of hydroxylamine groups is 1. The van der Waals surface area contributed by atoms with Crippen LogP contribution in [0.5, 0.6) is 0 Å². The molecule has 128 valence electrons. The fourth-order valence-electron chi connectivity index (χ4n) is 2.36. The first-order chi connectivity index (χ1) is 12.2. The van der Waals surface area contributed by atoms with Gasteiger partial charge in [0.05, 0.1) is 11.4 Å². The Morgan fingerprint density at radius 3 is 2.80 bits per heavy atom. The zero-order valence-electron chi connectivity index (χ0n) is 13.9. The number of para-hydroxylation sites is 1. The first-order valence-corrected chi connectivity index (χ1v) is 8.65. The topological polar surface area (TPSA) is 88.7 Å². The highest BCUT2D eigenvalue weighted by Gasteiger charge is 2.18. The molecule has 0 spiro atoms. The Labute approximate surface area is 149 Å². The molecule has 0 aliphatic heterocycles. The van der Waals surface area contributed by atoms with Crippen LogP contribution >= 0.6 is 11.8 Å². The van der Waals surface area contributed by atoms with Crippen LogP contribution in [0.25, 0.3) is 17.1 Å². The number of hydrogen-bond acceptors (Lipinski definition) is 7. The minimum absolute atomic E-state index is 0.120. The molecule has 3 aromatic rings. The summed E-state index contributed by atoms with van der Waals surface area (Å²) in [5.74, 6) is 1.18. The maximum Gasteiger partial charge on any atom is 0.216 e. The van der Waals surface area contributed by atoms with Crippen LogP contribution in [0.4, 0.5) is 0 Å². The Bertz CT molecular complexity index is 865. The van der Waals surface area contributed by atoms with Crippen LogP contribution in [0.1, 0.15) is 5.56 Å². The lowest BCUT2D eigenvalue weighted by Gasteiger charge is -2.12. The number of thioether (sulfide) groups is 1. The Morgan fingerprint density at radius 1 is 1.24 bits per heavy atom. The van der Waals surface area contributed by atoms with Gasteiger partial charge in [-0.05, 0) is 30.7 Å². The number of rotatable bonds is 6. The van der Waals surface area contributed by atoms with Crippen molar-refractivity contribution in [2.24, 2.45) is 0 Å². The molecule has 25 heavy (non-hydrogen) atoms. The van der Waals surface area contributed by atoms with E-state index in [0.717, 1.165) is 16.8 Å². The molecule has 0 saturated carbocycles. The molecule has 2 aromatic heterocycles. The zero-order valence-corrected chi connectivity index (χ0v) is 14.7. The van der Waals surface area contributed by atoms with Crippen molar-refractivity contribution in [3.05, 3.63) is 54.4 Å². The van der Waals surface area contributed by atoms with Gasteiger partial charge in [0.1, 0.15) is 0 Å². The minimum Gasteiger partial charge on any atom is -0.393 e. The number of pyridine rings is 1. The lowest BCUT2D eigenvalue weighted by atomic mass is 10.2. The predicted molar refractivity (Wildman–Crippen MR) is 97.9 cm³/mol. The second kappa shape index (κ2) is 7.91. The number of nitrogens with zero attached hydrogens (tertiary/aromatic N) is 4. The largest absolute Gasteiger partial charge is 0.393 e. The van der Waals surface area contributed by atoms with Gasteiger partial charge in [-0.2, -0.15) is 5.48 Å². The highest BCUT2D eigenvalue weighted by Crippen LogP contribution is 2.29. The van der Waals surface area contributed by atoms with E-state index in [0.29, 0.717) is 16.7 Å². The molecule has 0 amide bonds. The van der Waals surface area contributed by atoms with E-state index in [4.69, 9.17) is 10.2 Å². The molecule has 0 saturated heterocycles. The van der Waals surface area contributed by atoms with Crippen LogP contribution in [-0.4, -0.2) is 38.4 Å². The van der Waals surface area contributed by atoms with E-state index in [2.05, 4.69) is 20.7 Å². The molecule has 0 unspecified atom stereocenters. The molecule has 0 radical (unpaired) electrons. The fraction of sp³-hybridized carbons (Fsp3) is 0.176. The van der Waals surface area contributed by atoms with Crippen LogP contribution in [0, 0.1) is 12.3 Å². The van der Waals surface area contributed by atoms with Crippen LogP contribution in [0.2, 0.25) is 0 Å². The first-order valence-electron chi connectivity index (χ1n) is 7.66. The van der Waals surface area contributed by atoms with Gasteiger partial charge in [0.2, 0.25) is 5.90 Å². The Kier molecular flexibility index (Phi) is 5.42. The average molecular weight is 354 g/mol. The van der Waals surface area contributed by atoms with E-state index in [1.807, 2.05) is 47.9 Å². The molecule has 2 heterocycles. The maximum atomic E-state index is 7.75. The smallest absolute Gasteiger partial charge is 0.216 e. The minimum atomic E-state index is 0.120. The van der Waals surface area contributed by atoms with Gasteiger partial charge in [0, 0.05) is 25.0 Å². The summed E-state index contributed by atoms with van der Waals surface area (Å²) < 4.78 is 1.99. The van der Waals surface area contributed by atoms with Gasteiger partial charge in [0.25, 0.3) is 0 Å². The van der Waals surface area contributed by atoms with E-state index >= 15 is 0 Å². The van der Waals surface area contributed by atoms with Crippen LogP contribution in [0.15, 0.2) is 53.9 Å². The van der Waals surface area contributed by atoms with Crippen molar-refractivity contribution in [3.63, 3.8) is 0 Å². The van der Waals surface area contributed by atoms with E-state index in [9.17, 15) is 0 Å². The van der Waals surface area contributed by atoms with Crippen molar-refractivity contribution in [2.75, 3.05) is 12.8 Å². The van der Waals surface area contributed by atoms with Crippen molar-refractivity contribution in [1.82, 2.24) is 25.2 Å². The van der Waals surface area contributed by atoms with Gasteiger partial charge in [-0.25, -0.2) is 0 Å². The summed E-state index contributed by atoms with van der Waals surface area (Å²) in [7, 11) is 1.62. The summed E-state index contributed by atoms with van der Waals surface area (Å²) in [6.07, 6.45) is 3.49. The SMILES string of the molecule is CNOC(=N)CSc1nnc(-c2cccnc2)n1-c1ccccc1C. The summed E-state index contributed by atoms with van der Waals surface area (Å²) in [6.45, 7) is 2.04. The number of benzene rings is 1. The molecule has 0 aliphatic rings. The van der Waals surface area contributed by atoms with E-state index in [1.54, 1.807) is 19.4 Å². The molecule has 2 N–H and O–H groups in total. The molecule has 1 aromatic carbocycles. The summed E-state index contributed by atoms with van der Waals surface area (Å²) >= 11 is 1.39. The Morgan fingerprint density at radius 2 is 2.08 bits per heavy atom. The second-order valence-corrected chi connectivity index (χ2v) is 6.13. The molecular formula is C17H18N6OS. The van der Waals surface area contributed by atoms with E-state index in [1.165, 1.54) is 11.8 Å². The fourth-order valence-corrected chi connectivity index (χ4v) is 3.09. The van der Waals surface area contributed by atoms with Crippen molar-refractivity contribution in [1.29, 1.82) is 5.41 Å². The van der Waals surface area contributed by atoms with Crippen molar-refractivity contribution < 1.29 is 4.84 Å². The standard InChI is InChI=1S/C17H18N6OS/c1-12-6-3-4-8-14(12)23-16(13-7-5-9-20-10-13)21-22-17(23)25-11-15(18)24-19-2/h3-10,18-19H,11H2,1-2H3. The summed E-state index contributed by atoms with van der Waals surface area (Å²) in [5.41, 5.74) is 5.48. The van der Waals surface area contributed by atoms with Gasteiger partial charge in [-0.15, -0.1) is 10.2 Å². The third-order valence-electron chi connectivity index (χ3n) is 3.47. The average Bonchev–Trinajstić information content (AvgIpc) is 3.05. The van der Waals surface area contributed by atoms with Crippen molar-refractivity contribution >= 4 is 17.7 Å². The lowest BCUT2D eigenvalue weighted by molar-refractivity contribution is 0.205. The molecule has 3 rings (SSSR count). The lowest BCUT2D eigenvalue weighted by Crippen LogP contribution is -2.16. The molecule has 0 aliphatic carbocycles. The van der Waals surface area contributed by atoms with Gasteiger partial charge in [-0.1, -0.05) is 30.0 Å². The normalized spacial score (nSPS) is 10.6. The summed E-state index contributed by atoms with van der Waals surface area (Å²) in [5, 5.41) is 17.1. The Hall–Kier alpha value is -2.71. The third kappa shape index (κ3) is 3.86. The molecule has 0 fully saturated rings. The van der Waals surface area contributed by atoms with Gasteiger partial charge < -0.3 is 4.84 Å². The molecule has 0 bridgehead atoms. The number of aryl methyl sites for hydroxylation is 1.